The summed E-state index contributed by atoms with van der Waals surface area (Å²) in [5, 5.41) is 12.4. The van der Waals surface area contributed by atoms with Crippen LogP contribution in [-0.2, 0) is 4.79 Å². The van der Waals surface area contributed by atoms with E-state index in [2.05, 4.69) is 46.5 Å². The topological polar surface area (TPSA) is 72.7 Å². The van der Waals surface area contributed by atoms with Crippen molar-refractivity contribution < 1.29 is 4.79 Å². The van der Waals surface area contributed by atoms with Crippen molar-refractivity contribution in [2.24, 2.45) is 0 Å². The summed E-state index contributed by atoms with van der Waals surface area (Å²) in [6.45, 7) is 8.21. The number of nitrogens with zero attached hydrogens (tertiary/aromatic N) is 4. The van der Waals surface area contributed by atoms with Gasteiger partial charge in [-0.2, -0.15) is 0 Å². The molecule has 0 aliphatic heterocycles. The van der Waals surface area contributed by atoms with Crippen LogP contribution < -0.4 is 5.32 Å². The molecule has 0 aliphatic carbocycles. The number of rotatable bonds is 7. The van der Waals surface area contributed by atoms with Crippen molar-refractivity contribution in [2.75, 3.05) is 5.75 Å². The summed E-state index contributed by atoms with van der Waals surface area (Å²) in [5.74, 6) is 0.942. The molecule has 1 amide bonds. The second-order valence-corrected chi connectivity index (χ2v) is 7.73. The van der Waals surface area contributed by atoms with E-state index >= 15 is 0 Å². The second kappa shape index (κ2) is 9.01. The van der Waals surface area contributed by atoms with Gasteiger partial charge in [0.1, 0.15) is 5.69 Å². The molecule has 3 aromatic rings. The number of hydrogen-bond acceptors (Lipinski definition) is 5. The van der Waals surface area contributed by atoms with Gasteiger partial charge in [-0.15, -0.1) is 10.2 Å². The Balaban J connectivity index is 1.95. The lowest BCUT2D eigenvalue weighted by atomic mass is 10.1. The lowest BCUT2D eigenvalue weighted by molar-refractivity contribution is -0.119. The van der Waals surface area contributed by atoms with Crippen LogP contribution >= 0.6 is 11.8 Å². The lowest BCUT2D eigenvalue weighted by Crippen LogP contribution is -2.33. The quantitative estimate of drug-likeness (QED) is 0.613. The van der Waals surface area contributed by atoms with E-state index in [0.717, 1.165) is 17.8 Å². The van der Waals surface area contributed by atoms with Crippen molar-refractivity contribution in [3.63, 3.8) is 0 Å². The number of aromatic nitrogens is 4. The van der Waals surface area contributed by atoms with Crippen LogP contribution in [0.15, 0.2) is 47.8 Å². The fraction of sp³-hybridized carbons (Fsp3) is 0.333. The third kappa shape index (κ3) is 4.59. The van der Waals surface area contributed by atoms with Gasteiger partial charge < -0.3 is 5.32 Å². The predicted molar refractivity (Wildman–Crippen MR) is 113 cm³/mol. The van der Waals surface area contributed by atoms with E-state index in [9.17, 15) is 4.79 Å². The average Bonchev–Trinajstić information content (AvgIpc) is 3.13. The van der Waals surface area contributed by atoms with E-state index in [1.54, 1.807) is 6.20 Å². The molecule has 3 rings (SSSR count). The van der Waals surface area contributed by atoms with E-state index in [-0.39, 0.29) is 17.7 Å². The lowest BCUT2D eigenvalue weighted by Gasteiger charge is -2.13. The largest absolute Gasteiger partial charge is 0.353 e. The first-order valence-electron chi connectivity index (χ1n) is 9.36. The average molecular weight is 396 g/mol. The Bertz CT molecular complexity index is 955. The number of carbonyl (C=O) groups excluding carboxylic acids is 1. The highest BCUT2D eigenvalue weighted by molar-refractivity contribution is 7.99. The molecule has 0 spiro atoms. The van der Waals surface area contributed by atoms with Crippen LogP contribution in [0.3, 0.4) is 0 Å². The van der Waals surface area contributed by atoms with Crippen LogP contribution in [0.2, 0.25) is 0 Å². The van der Waals surface area contributed by atoms with Crippen LogP contribution in [-0.4, -0.2) is 37.5 Å². The fourth-order valence-corrected chi connectivity index (χ4v) is 3.43. The zero-order valence-electron chi connectivity index (χ0n) is 16.6. The first kappa shape index (κ1) is 20.1. The van der Waals surface area contributed by atoms with Gasteiger partial charge in [-0.05, 0) is 62.6 Å². The Labute approximate surface area is 169 Å². The zero-order valence-corrected chi connectivity index (χ0v) is 17.5. The molecule has 2 heterocycles. The highest BCUT2D eigenvalue weighted by Gasteiger charge is 2.18. The predicted octanol–water partition coefficient (Wildman–Crippen LogP) is 3.95. The molecule has 1 aromatic carbocycles. The highest BCUT2D eigenvalue weighted by atomic mass is 32.2. The van der Waals surface area contributed by atoms with Crippen LogP contribution in [0.5, 0.6) is 0 Å². The van der Waals surface area contributed by atoms with Gasteiger partial charge in [0.2, 0.25) is 5.91 Å². The smallest absolute Gasteiger partial charge is 0.230 e. The molecule has 146 valence electrons. The van der Waals surface area contributed by atoms with Crippen molar-refractivity contribution in [2.45, 2.75) is 45.3 Å². The van der Waals surface area contributed by atoms with Crippen LogP contribution in [0, 0.1) is 13.8 Å². The molecule has 0 unspecified atom stereocenters. The summed E-state index contributed by atoms with van der Waals surface area (Å²) >= 11 is 1.38. The third-order valence-electron chi connectivity index (χ3n) is 4.63. The zero-order chi connectivity index (χ0) is 20.1. The van der Waals surface area contributed by atoms with E-state index in [1.165, 1.54) is 22.9 Å². The summed E-state index contributed by atoms with van der Waals surface area (Å²) in [6.07, 6.45) is 2.64. The SMILES string of the molecule is CC[C@@H](C)NC(=O)CSc1nnc(-c2ccccn2)n1-c1ccc(C)c(C)c1. The minimum absolute atomic E-state index is 0.00614. The van der Waals surface area contributed by atoms with Gasteiger partial charge in [0.25, 0.3) is 0 Å². The van der Waals surface area contributed by atoms with Crippen molar-refractivity contribution in [3.05, 3.63) is 53.7 Å². The first-order valence-corrected chi connectivity index (χ1v) is 10.3. The van der Waals surface area contributed by atoms with Crippen LogP contribution in [0.1, 0.15) is 31.4 Å². The second-order valence-electron chi connectivity index (χ2n) is 6.79. The summed E-state index contributed by atoms with van der Waals surface area (Å²) in [5.41, 5.74) is 4.10. The molecule has 6 nitrogen and oxygen atoms in total. The van der Waals surface area contributed by atoms with E-state index in [4.69, 9.17) is 0 Å². The molecule has 1 N–H and O–H groups in total. The van der Waals surface area contributed by atoms with Gasteiger partial charge in [0, 0.05) is 12.2 Å². The maximum absolute atomic E-state index is 12.2. The maximum Gasteiger partial charge on any atom is 0.230 e. The number of pyridine rings is 1. The van der Waals surface area contributed by atoms with Crippen molar-refractivity contribution >= 4 is 17.7 Å². The molecule has 7 heteroatoms. The molecule has 0 saturated heterocycles. The van der Waals surface area contributed by atoms with Crippen LogP contribution in [0.25, 0.3) is 17.2 Å². The Hall–Kier alpha value is -2.67. The molecular formula is C21H25N5OS. The number of thioether (sulfide) groups is 1. The highest BCUT2D eigenvalue weighted by Crippen LogP contribution is 2.28. The molecule has 0 radical (unpaired) electrons. The summed E-state index contributed by atoms with van der Waals surface area (Å²) < 4.78 is 1.97. The summed E-state index contributed by atoms with van der Waals surface area (Å²) in [4.78, 5) is 16.6. The fourth-order valence-electron chi connectivity index (χ4n) is 2.67. The Kier molecular flexibility index (Phi) is 6.46. The molecular weight excluding hydrogens is 370 g/mol. The molecule has 0 fully saturated rings. The number of hydrogen-bond donors (Lipinski definition) is 1. The van der Waals surface area contributed by atoms with Crippen molar-refractivity contribution in [3.8, 4) is 17.2 Å². The number of aryl methyl sites for hydroxylation is 2. The van der Waals surface area contributed by atoms with E-state index in [0.29, 0.717) is 11.0 Å². The number of benzene rings is 1. The Morgan fingerprint density at radius 2 is 2.00 bits per heavy atom. The number of nitrogens with one attached hydrogen (secondary N) is 1. The molecule has 0 aliphatic rings. The minimum atomic E-state index is -0.00614. The monoisotopic (exact) mass is 395 g/mol. The Morgan fingerprint density at radius 3 is 2.68 bits per heavy atom. The van der Waals surface area contributed by atoms with Gasteiger partial charge in [-0.25, -0.2) is 0 Å². The first-order chi connectivity index (χ1) is 13.5. The van der Waals surface area contributed by atoms with Gasteiger partial charge in [0.05, 0.1) is 11.4 Å². The van der Waals surface area contributed by atoms with Crippen molar-refractivity contribution in [1.29, 1.82) is 0 Å². The minimum Gasteiger partial charge on any atom is -0.353 e. The standard InChI is InChI=1S/C21H25N5OS/c1-5-16(4)23-19(27)13-28-21-25-24-20(18-8-6-7-11-22-18)26(21)17-10-9-14(2)15(3)12-17/h6-12,16H,5,13H2,1-4H3,(H,23,27)/t16-/m1/s1. The molecule has 28 heavy (non-hydrogen) atoms. The van der Waals surface area contributed by atoms with Crippen molar-refractivity contribution in [1.82, 2.24) is 25.1 Å². The molecule has 1 atom stereocenters. The van der Waals surface area contributed by atoms with E-state index in [1.807, 2.05) is 42.7 Å². The summed E-state index contributed by atoms with van der Waals surface area (Å²) in [6, 6.07) is 12.1. The van der Waals surface area contributed by atoms with Crippen LogP contribution in [0.4, 0.5) is 0 Å². The normalized spacial score (nSPS) is 12.0. The molecule has 2 aromatic heterocycles. The van der Waals surface area contributed by atoms with E-state index < -0.39 is 0 Å². The number of amides is 1. The maximum atomic E-state index is 12.2. The third-order valence-corrected chi connectivity index (χ3v) is 5.56. The van der Waals surface area contributed by atoms with Gasteiger partial charge in [0.15, 0.2) is 11.0 Å². The van der Waals surface area contributed by atoms with Gasteiger partial charge in [-0.1, -0.05) is 30.8 Å². The van der Waals surface area contributed by atoms with Gasteiger partial charge in [-0.3, -0.25) is 14.3 Å². The number of carbonyl (C=O) groups is 1. The molecule has 0 saturated carbocycles. The van der Waals surface area contributed by atoms with Gasteiger partial charge >= 0.3 is 0 Å². The summed E-state index contributed by atoms with van der Waals surface area (Å²) in [7, 11) is 0. The molecule has 0 bridgehead atoms. The Morgan fingerprint density at radius 1 is 1.18 bits per heavy atom.